The van der Waals surface area contributed by atoms with Gasteiger partial charge in [-0.2, -0.15) is 0 Å². The summed E-state index contributed by atoms with van der Waals surface area (Å²) in [6.45, 7) is 11.1. The Balaban J connectivity index is 2.68. The molecule has 1 aliphatic heterocycles. The Kier molecular flexibility index (Phi) is 8.48. The minimum atomic E-state index is -0.0918. The van der Waals surface area contributed by atoms with Crippen molar-refractivity contribution in [2.75, 3.05) is 33.2 Å². The molecule has 0 aliphatic carbocycles. The number of aldehydes is 1. The van der Waals surface area contributed by atoms with Gasteiger partial charge in [0.1, 0.15) is 6.29 Å². The van der Waals surface area contributed by atoms with E-state index in [1.807, 2.05) is 25.8 Å². The van der Waals surface area contributed by atoms with Crippen molar-refractivity contribution in [3.8, 4) is 0 Å². The number of amides is 1. The van der Waals surface area contributed by atoms with Crippen molar-refractivity contribution in [1.82, 2.24) is 15.5 Å². The summed E-state index contributed by atoms with van der Waals surface area (Å²) in [5.41, 5.74) is 0.122. The quantitative estimate of drug-likeness (QED) is 0.473. The van der Waals surface area contributed by atoms with E-state index in [-0.39, 0.29) is 17.4 Å². The van der Waals surface area contributed by atoms with Gasteiger partial charge in [0.2, 0.25) is 5.91 Å². The number of nitrogens with zero attached hydrogens (tertiary/aromatic N) is 1. The van der Waals surface area contributed by atoms with E-state index >= 15 is 0 Å². The van der Waals surface area contributed by atoms with Gasteiger partial charge in [-0.1, -0.05) is 20.4 Å². The van der Waals surface area contributed by atoms with Crippen molar-refractivity contribution in [2.24, 2.45) is 11.3 Å². The number of rotatable bonds is 10. The Bertz CT molecular complexity index is 398. The van der Waals surface area contributed by atoms with E-state index in [2.05, 4.69) is 17.2 Å². The van der Waals surface area contributed by atoms with Gasteiger partial charge >= 0.3 is 0 Å². The predicted molar refractivity (Wildman–Crippen MR) is 94.3 cm³/mol. The maximum Gasteiger partial charge on any atom is 0.245 e. The second-order valence-corrected chi connectivity index (χ2v) is 7.03. The Labute approximate surface area is 140 Å². The molecule has 2 N–H and O–H groups in total. The molecule has 5 nitrogen and oxygen atoms in total. The van der Waals surface area contributed by atoms with Crippen LogP contribution in [0.3, 0.4) is 0 Å². The van der Waals surface area contributed by atoms with E-state index in [1.165, 1.54) is 6.08 Å². The Morgan fingerprint density at radius 3 is 2.61 bits per heavy atom. The number of likely N-dealkylation sites (tertiary alicyclic amines) is 1. The zero-order chi connectivity index (χ0) is 17.3. The fourth-order valence-corrected chi connectivity index (χ4v) is 3.39. The van der Waals surface area contributed by atoms with Crippen LogP contribution in [0.5, 0.6) is 0 Å². The lowest BCUT2D eigenvalue weighted by atomic mass is 9.74. The van der Waals surface area contributed by atoms with Gasteiger partial charge in [0.05, 0.1) is 6.04 Å². The van der Waals surface area contributed by atoms with Gasteiger partial charge in [-0.15, -0.1) is 0 Å². The van der Waals surface area contributed by atoms with Crippen LogP contribution >= 0.6 is 0 Å². The van der Waals surface area contributed by atoms with Crippen molar-refractivity contribution in [3.63, 3.8) is 0 Å². The molecule has 0 aromatic heterocycles. The van der Waals surface area contributed by atoms with E-state index in [1.54, 1.807) is 0 Å². The molecule has 0 spiro atoms. The molecular weight excluding hydrogens is 290 g/mol. The van der Waals surface area contributed by atoms with Crippen molar-refractivity contribution in [3.05, 3.63) is 12.7 Å². The van der Waals surface area contributed by atoms with Gasteiger partial charge in [-0.05, 0) is 63.2 Å². The van der Waals surface area contributed by atoms with E-state index in [0.29, 0.717) is 5.92 Å². The van der Waals surface area contributed by atoms with Crippen molar-refractivity contribution in [1.29, 1.82) is 0 Å². The molecule has 132 valence electrons. The molecule has 1 fully saturated rings. The Morgan fingerprint density at radius 1 is 1.35 bits per heavy atom. The average Bonchev–Trinajstić information content (AvgIpc) is 2.56. The summed E-state index contributed by atoms with van der Waals surface area (Å²) in [6, 6.07) is -0.0918. The number of piperidine rings is 1. The first-order chi connectivity index (χ1) is 11.0. The van der Waals surface area contributed by atoms with Gasteiger partial charge in [0, 0.05) is 13.1 Å². The van der Waals surface area contributed by atoms with Gasteiger partial charge in [0.25, 0.3) is 0 Å². The Hall–Kier alpha value is -1.20. The summed E-state index contributed by atoms with van der Waals surface area (Å²) in [5.74, 6) is 0.324. The fourth-order valence-electron chi connectivity index (χ4n) is 3.39. The van der Waals surface area contributed by atoms with Crippen molar-refractivity contribution in [2.45, 2.75) is 45.6 Å². The SMILES string of the molecule is C=CC(=O)N1CCCC(CCNC)(CCNC(C=O)C(C)C)C1. The molecule has 2 atom stereocenters. The zero-order valence-electron chi connectivity index (χ0n) is 14.9. The van der Waals surface area contributed by atoms with E-state index < -0.39 is 0 Å². The van der Waals surface area contributed by atoms with E-state index in [0.717, 1.165) is 58.1 Å². The average molecular weight is 323 g/mol. The molecule has 1 saturated heterocycles. The molecule has 23 heavy (non-hydrogen) atoms. The van der Waals surface area contributed by atoms with Crippen LogP contribution in [0.15, 0.2) is 12.7 Å². The van der Waals surface area contributed by atoms with Gasteiger partial charge < -0.3 is 20.3 Å². The highest BCUT2D eigenvalue weighted by Gasteiger charge is 2.35. The first-order valence-electron chi connectivity index (χ1n) is 8.72. The van der Waals surface area contributed by atoms with E-state index in [4.69, 9.17) is 0 Å². The molecule has 1 rings (SSSR count). The lowest BCUT2D eigenvalue weighted by Gasteiger charge is -2.43. The fraction of sp³-hybridized carbons (Fsp3) is 0.778. The summed E-state index contributed by atoms with van der Waals surface area (Å²) in [7, 11) is 1.96. The molecule has 2 unspecified atom stereocenters. The normalized spacial score (nSPS) is 22.9. The largest absolute Gasteiger partial charge is 0.339 e. The molecule has 0 aromatic carbocycles. The third-order valence-corrected chi connectivity index (χ3v) is 4.95. The van der Waals surface area contributed by atoms with Crippen LogP contribution in [0.1, 0.15) is 39.5 Å². The first-order valence-corrected chi connectivity index (χ1v) is 8.72. The summed E-state index contributed by atoms with van der Waals surface area (Å²) >= 11 is 0. The highest BCUT2D eigenvalue weighted by atomic mass is 16.2. The summed E-state index contributed by atoms with van der Waals surface area (Å²) < 4.78 is 0. The molecule has 5 heteroatoms. The van der Waals surface area contributed by atoms with Crippen LogP contribution in [-0.4, -0.2) is 56.4 Å². The highest BCUT2D eigenvalue weighted by molar-refractivity contribution is 5.87. The van der Waals surface area contributed by atoms with Crippen LogP contribution in [0.4, 0.5) is 0 Å². The molecule has 0 radical (unpaired) electrons. The predicted octanol–water partition coefficient (Wildman–Crippen LogP) is 1.59. The number of carbonyl (C=O) groups is 2. The third-order valence-electron chi connectivity index (χ3n) is 4.95. The number of hydrogen-bond acceptors (Lipinski definition) is 4. The van der Waals surface area contributed by atoms with Crippen LogP contribution in [-0.2, 0) is 9.59 Å². The maximum absolute atomic E-state index is 12.0. The molecule has 1 heterocycles. The number of hydrogen-bond donors (Lipinski definition) is 2. The lowest BCUT2D eigenvalue weighted by molar-refractivity contribution is -0.129. The van der Waals surface area contributed by atoms with Gasteiger partial charge in [-0.25, -0.2) is 0 Å². The molecule has 0 bridgehead atoms. The van der Waals surface area contributed by atoms with Gasteiger partial charge in [0.15, 0.2) is 0 Å². The minimum absolute atomic E-state index is 0.0273. The number of carbonyl (C=O) groups excluding carboxylic acids is 2. The Morgan fingerprint density at radius 2 is 2.04 bits per heavy atom. The smallest absolute Gasteiger partial charge is 0.245 e. The van der Waals surface area contributed by atoms with Crippen LogP contribution in [0.25, 0.3) is 0 Å². The molecule has 0 aromatic rings. The van der Waals surface area contributed by atoms with Gasteiger partial charge in [-0.3, -0.25) is 4.79 Å². The summed E-state index contributed by atoms with van der Waals surface area (Å²) in [5, 5.41) is 6.59. The maximum atomic E-state index is 12.0. The summed E-state index contributed by atoms with van der Waals surface area (Å²) in [6.07, 6.45) is 6.59. The van der Waals surface area contributed by atoms with Crippen LogP contribution in [0.2, 0.25) is 0 Å². The number of nitrogens with one attached hydrogen (secondary N) is 2. The summed E-state index contributed by atoms with van der Waals surface area (Å²) in [4.78, 5) is 25.0. The first kappa shape index (κ1) is 19.8. The highest BCUT2D eigenvalue weighted by Crippen LogP contribution is 2.36. The van der Waals surface area contributed by atoms with E-state index in [9.17, 15) is 9.59 Å². The van der Waals surface area contributed by atoms with Crippen molar-refractivity contribution >= 4 is 12.2 Å². The molecule has 1 amide bonds. The van der Waals surface area contributed by atoms with Crippen LogP contribution < -0.4 is 10.6 Å². The third kappa shape index (κ3) is 6.07. The van der Waals surface area contributed by atoms with Crippen LogP contribution in [0, 0.1) is 11.3 Å². The monoisotopic (exact) mass is 323 g/mol. The second kappa shape index (κ2) is 9.83. The molecular formula is C18H33N3O2. The lowest BCUT2D eigenvalue weighted by Crippen LogP contribution is -2.48. The second-order valence-electron chi connectivity index (χ2n) is 7.03. The molecule has 0 saturated carbocycles. The topological polar surface area (TPSA) is 61.4 Å². The molecule has 1 aliphatic rings. The standard InChI is InChI=1S/C18H33N3O2/c1-5-17(23)21-12-6-7-18(14-21,8-10-19-4)9-11-20-16(13-22)15(2)3/h5,13,15-16,19-20H,1,6-12,14H2,2-4H3. The zero-order valence-corrected chi connectivity index (χ0v) is 14.9. The van der Waals surface area contributed by atoms with Crippen molar-refractivity contribution < 1.29 is 9.59 Å². The minimum Gasteiger partial charge on any atom is -0.339 e.